The summed E-state index contributed by atoms with van der Waals surface area (Å²) in [5.74, 6) is 0. The number of nitroso groups, excluding NO2 is 1. The zero-order valence-electron chi connectivity index (χ0n) is 4.70. The van der Waals surface area contributed by atoms with E-state index in [-0.39, 0.29) is 5.00 Å². The van der Waals surface area contributed by atoms with Crippen LogP contribution in [0.5, 0.6) is 0 Å². The van der Waals surface area contributed by atoms with Gasteiger partial charge < -0.3 is 0 Å². The standard InChI is InChI=1S/C5H2ClNO2S/c6-5(8)3-1-4(7-9)10-2-3/h1-2H. The molecule has 0 aliphatic rings. The third kappa shape index (κ3) is 1.40. The first-order chi connectivity index (χ1) is 4.74. The summed E-state index contributed by atoms with van der Waals surface area (Å²) in [6, 6.07) is 1.35. The van der Waals surface area contributed by atoms with Crippen molar-refractivity contribution in [2.75, 3.05) is 0 Å². The molecule has 52 valence electrons. The van der Waals surface area contributed by atoms with Gasteiger partial charge in [-0.3, -0.25) is 4.79 Å². The molecule has 0 N–H and O–H groups in total. The molecule has 1 rings (SSSR count). The molecule has 1 aromatic heterocycles. The number of rotatable bonds is 2. The van der Waals surface area contributed by atoms with Crippen molar-refractivity contribution in [2.45, 2.75) is 0 Å². The lowest BCUT2D eigenvalue weighted by molar-refractivity contribution is 0.108. The summed E-state index contributed by atoms with van der Waals surface area (Å²) >= 11 is 6.19. The van der Waals surface area contributed by atoms with Crippen molar-refractivity contribution in [1.29, 1.82) is 0 Å². The average molecular weight is 176 g/mol. The van der Waals surface area contributed by atoms with E-state index < -0.39 is 5.24 Å². The quantitative estimate of drug-likeness (QED) is 0.512. The van der Waals surface area contributed by atoms with Gasteiger partial charge in [0.15, 0.2) is 5.00 Å². The van der Waals surface area contributed by atoms with Crippen molar-refractivity contribution >= 4 is 33.2 Å². The molecule has 0 fully saturated rings. The Balaban J connectivity index is 2.98. The van der Waals surface area contributed by atoms with Crippen LogP contribution < -0.4 is 0 Å². The minimum atomic E-state index is -0.564. The summed E-state index contributed by atoms with van der Waals surface area (Å²) in [6.45, 7) is 0. The fraction of sp³-hybridized carbons (Fsp3) is 0. The summed E-state index contributed by atoms with van der Waals surface area (Å²) in [5.41, 5.74) is 0.321. The Hall–Kier alpha value is -0.740. The molecule has 3 nitrogen and oxygen atoms in total. The molecule has 10 heavy (non-hydrogen) atoms. The minimum absolute atomic E-state index is 0.268. The van der Waals surface area contributed by atoms with E-state index in [1.807, 2.05) is 0 Å². The van der Waals surface area contributed by atoms with Gasteiger partial charge in [0, 0.05) is 10.9 Å². The predicted octanol–water partition coefficient (Wildman–Crippen LogP) is 2.53. The highest BCUT2D eigenvalue weighted by Crippen LogP contribution is 2.23. The third-order valence-corrected chi connectivity index (χ3v) is 1.93. The Morgan fingerprint density at radius 2 is 2.40 bits per heavy atom. The van der Waals surface area contributed by atoms with E-state index in [4.69, 9.17) is 11.6 Å². The number of nitrogens with zero attached hydrogens (tertiary/aromatic N) is 1. The lowest BCUT2D eigenvalue weighted by atomic mass is 10.4. The Labute approximate surface area is 65.6 Å². The molecule has 1 heterocycles. The van der Waals surface area contributed by atoms with Crippen molar-refractivity contribution in [3.05, 3.63) is 21.9 Å². The van der Waals surface area contributed by atoms with Crippen molar-refractivity contribution in [3.8, 4) is 0 Å². The molecule has 0 aromatic carbocycles. The van der Waals surface area contributed by atoms with Gasteiger partial charge in [-0.25, -0.2) is 0 Å². The number of carbonyl (C=O) groups is 1. The SMILES string of the molecule is O=Nc1cc(C(=O)Cl)cs1. The molecule has 0 atom stereocenters. The van der Waals surface area contributed by atoms with Gasteiger partial charge in [-0.1, -0.05) is 0 Å². The molecule has 0 spiro atoms. The normalized spacial score (nSPS) is 9.30. The Morgan fingerprint density at radius 1 is 1.70 bits per heavy atom. The molecular weight excluding hydrogens is 174 g/mol. The maximum Gasteiger partial charge on any atom is 0.253 e. The van der Waals surface area contributed by atoms with Crippen molar-refractivity contribution in [3.63, 3.8) is 0 Å². The predicted molar refractivity (Wildman–Crippen MR) is 40.0 cm³/mol. The number of thiophene rings is 1. The van der Waals surface area contributed by atoms with E-state index in [1.165, 1.54) is 11.4 Å². The van der Waals surface area contributed by atoms with Crippen LogP contribution in [0.1, 0.15) is 10.4 Å². The maximum atomic E-state index is 10.4. The summed E-state index contributed by atoms with van der Waals surface area (Å²) < 4.78 is 0. The number of hydrogen-bond donors (Lipinski definition) is 0. The van der Waals surface area contributed by atoms with Crippen LogP contribution in [0.4, 0.5) is 5.00 Å². The Kier molecular flexibility index (Phi) is 2.13. The van der Waals surface area contributed by atoms with Crippen LogP contribution in [0.2, 0.25) is 0 Å². The molecule has 5 heteroatoms. The van der Waals surface area contributed by atoms with Gasteiger partial charge in [-0.2, -0.15) is 0 Å². The summed E-state index contributed by atoms with van der Waals surface area (Å²) in [7, 11) is 0. The third-order valence-electron chi connectivity index (χ3n) is 0.903. The number of halogens is 1. The number of carbonyl (C=O) groups excluding carboxylic acids is 1. The Morgan fingerprint density at radius 3 is 2.70 bits per heavy atom. The lowest BCUT2D eigenvalue weighted by Gasteiger charge is -1.77. The van der Waals surface area contributed by atoms with Crippen molar-refractivity contribution in [1.82, 2.24) is 0 Å². The van der Waals surface area contributed by atoms with E-state index in [0.717, 1.165) is 11.3 Å². The van der Waals surface area contributed by atoms with E-state index >= 15 is 0 Å². The zero-order chi connectivity index (χ0) is 7.56. The smallest absolute Gasteiger partial charge is 0.253 e. The van der Waals surface area contributed by atoms with Crippen LogP contribution in [-0.2, 0) is 0 Å². The van der Waals surface area contributed by atoms with Gasteiger partial charge in [-0.15, -0.1) is 16.2 Å². The first kappa shape index (κ1) is 7.37. The first-order valence-electron chi connectivity index (χ1n) is 2.36. The minimum Gasteiger partial charge on any atom is -0.276 e. The highest BCUT2D eigenvalue weighted by atomic mass is 35.5. The van der Waals surface area contributed by atoms with Gasteiger partial charge in [0.1, 0.15) is 0 Å². The molecule has 0 amide bonds. The lowest BCUT2D eigenvalue weighted by Crippen LogP contribution is -1.80. The highest BCUT2D eigenvalue weighted by Gasteiger charge is 2.04. The van der Waals surface area contributed by atoms with Crippen molar-refractivity contribution in [2.24, 2.45) is 5.18 Å². The van der Waals surface area contributed by atoms with Crippen LogP contribution in [-0.4, -0.2) is 5.24 Å². The molecule has 1 aromatic rings. The van der Waals surface area contributed by atoms with Crippen LogP contribution in [0, 0.1) is 4.91 Å². The second-order valence-electron chi connectivity index (χ2n) is 1.54. The number of hydrogen-bond acceptors (Lipinski definition) is 4. The fourth-order valence-electron chi connectivity index (χ4n) is 0.476. The summed E-state index contributed by atoms with van der Waals surface area (Å²) in [6.07, 6.45) is 0. The first-order valence-corrected chi connectivity index (χ1v) is 3.61. The van der Waals surface area contributed by atoms with E-state index in [2.05, 4.69) is 5.18 Å². The van der Waals surface area contributed by atoms with Gasteiger partial charge in [0.2, 0.25) is 0 Å². The largest absolute Gasteiger partial charge is 0.276 e. The monoisotopic (exact) mass is 175 g/mol. The van der Waals surface area contributed by atoms with Crippen LogP contribution in [0.15, 0.2) is 16.6 Å². The summed E-state index contributed by atoms with van der Waals surface area (Å²) in [5, 5.41) is 3.83. The van der Waals surface area contributed by atoms with Crippen LogP contribution >= 0.6 is 22.9 Å². The van der Waals surface area contributed by atoms with Gasteiger partial charge in [-0.05, 0) is 22.8 Å². The maximum absolute atomic E-state index is 10.4. The van der Waals surface area contributed by atoms with Gasteiger partial charge in [0.25, 0.3) is 5.24 Å². The van der Waals surface area contributed by atoms with Gasteiger partial charge >= 0.3 is 0 Å². The fourth-order valence-corrected chi connectivity index (χ4v) is 1.31. The van der Waals surface area contributed by atoms with Crippen LogP contribution in [0.3, 0.4) is 0 Å². The van der Waals surface area contributed by atoms with E-state index in [9.17, 15) is 9.70 Å². The second-order valence-corrected chi connectivity index (χ2v) is 2.77. The van der Waals surface area contributed by atoms with Crippen LogP contribution in [0.25, 0.3) is 0 Å². The molecule has 0 bridgehead atoms. The molecular formula is C5H2ClNO2S. The molecule has 0 unspecified atom stereocenters. The van der Waals surface area contributed by atoms with Crippen molar-refractivity contribution < 1.29 is 4.79 Å². The Bertz CT molecular complexity index is 270. The molecule has 0 radical (unpaired) electrons. The van der Waals surface area contributed by atoms with E-state index in [0.29, 0.717) is 5.56 Å². The summed E-state index contributed by atoms with van der Waals surface area (Å²) in [4.78, 5) is 20.3. The topological polar surface area (TPSA) is 46.5 Å². The van der Waals surface area contributed by atoms with Gasteiger partial charge in [0.05, 0.1) is 0 Å². The zero-order valence-corrected chi connectivity index (χ0v) is 6.28. The molecule has 0 saturated heterocycles. The molecule has 0 aliphatic heterocycles. The van der Waals surface area contributed by atoms with E-state index in [1.54, 1.807) is 0 Å². The average Bonchev–Trinajstić information content (AvgIpc) is 2.34. The second kappa shape index (κ2) is 2.90. The highest BCUT2D eigenvalue weighted by molar-refractivity contribution is 7.14. The molecule has 0 saturated carbocycles. The molecule has 0 aliphatic carbocycles.